The first kappa shape index (κ1) is 24.0. The van der Waals surface area contributed by atoms with Crippen LogP contribution < -0.4 is 15.7 Å². The van der Waals surface area contributed by atoms with Gasteiger partial charge in [-0.15, -0.1) is 0 Å². The SMILES string of the molecule is COc1ccc(-n2c(=O)n(C[C@H]3CC[C@H](NC(=O)c4c5ccccc5nn4C)CC3)c3ccccc32)cn1. The standard InChI is InChI=1S/C29H30N6O3/c1-33-27(22-7-3-4-8-23(22)32-33)28(36)31-20-13-11-19(12-14-20)18-34-24-9-5-6-10-25(24)35(29(34)37)21-15-16-26(38-2)30-17-21/h3-10,15-17,19-20H,11-14,18H2,1-2H3,(H,31,36)/t19-,20-. The highest BCUT2D eigenvalue weighted by Gasteiger charge is 2.26. The normalized spacial score (nSPS) is 17.6. The number of ether oxygens (including phenoxy) is 1. The highest BCUT2D eigenvalue weighted by atomic mass is 16.5. The molecule has 0 saturated heterocycles. The molecular weight excluding hydrogens is 480 g/mol. The van der Waals surface area contributed by atoms with E-state index >= 15 is 0 Å². The number of hydrogen-bond donors (Lipinski definition) is 1. The third-order valence-corrected chi connectivity index (χ3v) is 7.60. The van der Waals surface area contributed by atoms with Gasteiger partial charge in [0, 0.05) is 31.1 Å². The van der Waals surface area contributed by atoms with Gasteiger partial charge < -0.3 is 10.1 Å². The molecule has 3 heterocycles. The van der Waals surface area contributed by atoms with E-state index in [1.54, 1.807) is 28.6 Å². The topological polar surface area (TPSA) is 96.0 Å². The summed E-state index contributed by atoms with van der Waals surface area (Å²) < 4.78 is 10.4. The second kappa shape index (κ2) is 9.81. The van der Waals surface area contributed by atoms with E-state index in [1.165, 1.54) is 0 Å². The van der Waals surface area contributed by atoms with Gasteiger partial charge in [0.05, 0.1) is 35.5 Å². The van der Waals surface area contributed by atoms with Crippen LogP contribution in [0.5, 0.6) is 5.88 Å². The summed E-state index contributed by atoms with van der Waals surface area (Å²) in [6.45, 7) is 0.642. The molecule has 3 aromatic heterocycles. The molecule has 194 valence electrons. The van der Waals surface area contributed by atoms with Crippen LogP contribution in [0.1, 0.15) is 36.2 Å². The van der Waals surface area contributed by atoms with Gasteiger partial charge in [-0.1, -0.05) is 30.3 Å². The number of nitrogens with zero attached hydrogens (tertiary/aromatic N) is 5. The number of aromatic nitrogens is 5. The Hall–Kier alpha value is -4.40. The first-order valence-corrected chi connectivity index (χ1v) is 13.0. The molecule has 0 unspecified atom stereocenters. The zero-order valence-electron chi connectivity index (χ0n) is 21.5. The molecule has 1 fully saturated rings. The van der Waals surface area contributed by atoms with E-state index in [2.05, 4.69) is 15.4 Å². The quantitative estimate of drug-likeness (QED) is 0.372. The number of benzene rings is 2. The summed E-state index contributed by atoms with van der Waals surface area (Å²) in [7, 11) is 3.38. The Morgan fingerprint density at radius 1 is 1.00 bits per heavy atom. The van der Waals surface area contributed by atoms with E-state index in [9.17, 15) is 9.59 Å². The first-order chi connectivity index (χ1) is 18.5. The summed E-state index contributed by atoms with van der Waals surface area (Å²) in [5.74, 6) is 0.773. The lowest BCUT2D eigenvalue weighted by molar-refractivity contribution is 0.0912. The summed E-state index contributed by atoms with van der Waals surface area (Å²) in [5, 5.41) is 8.55. The van der Waals surface area contributed by atoms with Crippen LogP contribution in [0.4, 0.5) is 0 Å². The fraction of sp³-hybridized carbons (Fsp3) is 0.310. The van der Waals surface area contributed by atoms with Crippen LogP contribution in [0.25, 0.3) is 27.6 Å². The third kappa shape index (κ3) is 4.23. The van der Waals surface area contributed by atoms with Gasteiger partial charge in [-0.25, -0.2) is 9.78 Å². The summed E-state index contributed by atoms with van der Waals surface area (Å²) in [5.41, 5.74) is 3.81. The molecule has 38 heavy (non-hydrogen) atoms. The van der Waals surface area contributed by atoms with Gasteiger partial charge in [0.15, 0.2) is 0 Å². The van der Waals surface area contributed by atoms with E-state index in [1.807, 2.05) is 66.2 Å². The van der Waals surface area contributed by atoms with Crippen molar-refractivity contribution in [1.29, 1.82) is 0 Å². The molecule has 0 radical (unpaired) electrons. The number of hydrogen-bond acceptors (Lipinski definition) is 5. The molecule has 9 heteroatoms. The van der Waals surface area contributed by atoms with Gasteiger partial charge in [-0.3, -0.25) is 18.6 Å². The fourth-order valence-corrected chi connectivity index (χ4v) is 5.68. The van der Waals surface area contributed by atoms with Crippen LogP contribution in [0.3, 0.4) is 0 Å². The molecule has 0 bridgehead atoms. The number of para-hydroxylation sites is 2. The minimum atomic E-state index is -0.0861. The highest BCUT2D eigenvalue weighted by Crippen LogP contribution is 2.28. The second-order valence-electron chi connectivity index (χ2n) is 9.96. The number of amides is 1. The molecule has 0 aliphatic heterocycles. The lowest BCUT2D eigenvalue weighted by Crippen LogP contribution is -2.39. The largest absolute Gasteiger partial charge is 0.481 e. The van der Waals surface area contributed by atoms with Crippen molar-refractivity contribution in [3.05, 3.63) is 83.0 Å². The van der Waals surface area contributed by atoms with Gasteiger partial charge in [-0.2, -0.15) is 5.10 Å². The summed E-state index contributed by atoms with van der Waals surface area (Å²) in [4.78, 5) is 31.0. The maximum Gasteiger partial charge on any atom is 0.333 e. The Morgan fingerprint density at radius 2 is 1.74 bits per heavy atom. The molecule has 6 rings (SSSR count). The van der Waals surface area contributed by atoms with Crippen LogP contribution in [0.2, 0.25) is 0 Å². The van der Waals surface area contributed by atoms with Crippen molar-refractivity contribution in [2.75, 3.05) is 7.11 Å². The number of rotatable bonds is 6. The third-order valence-electron chi connectivity index (χ3n) is 7.60. The van der Waals surface area contributed by atoms with E-state index in [0.717, 1.165) is 47.6 Å². The number of pyridine rings is 1. The van der Waals surface area contributed by atoms with Crippen molar-refractivity contribution in [2.24, 2.45) is 13.0 Å². The molecule has 2 aromatic carbocycles. The molecule has 1 aliphatic rings. The summed E-state index contributed by atoms with van der Waals surface area (Å²) in [6.07, 6.45) is 5.29. The number of fused-ring (bicyclic) bond motifs is 2. The van der Waals surface area contributed by atoms with E-state index in [4.69, 9.17) is 4.74 Å². The lowest BCUT2D eigenvalue weighted by Gasteiger charge is -2.29. The first-order valence-electron chi connectivity index (χ1n) is 13.0. The molecule has 1 aliphatic carbocycles. The zero-order chi connectivity index (χ0) is 26.2. The van der Waals surface area contributed by atoms with Crippen molar-refractivity contribution in [2.45, 2.75) is 38.3 Å². The van der Waals surface area contributed by atoms with Crippen molar-refractivity contribution < 1.29 is 9.53 Å². The summed E-state index contributed by atoms with van der Waals surface area (Å²) in [6, 6.07) is 19.3. The predicted octanol–water partition coefficient (Wildman–Crippen LogP) is 4.07. The van der Waals surface area contributed by atoms with Crippen LogP contribution in [0.15, 0.2) is 71.7 Å². The van der Waals surface area contributed by atoms with Gasteiger partial charge in [-0.05, 0) is 55.9 Å². The maximum atomic E-state index is 13.6. The Labute approximate surface area is 219 Å². The number of carbonyl (C=O) groups is 1. The fourth-order valence-electron chi connectivity index (χ4n) is 5.68. The monoisotopic (exact) mass is 510 g/mol. The van der Waals surface area contributed by atoms with E-state index < -0.39 is 0 Å². The average Bonchev–Trinajstić information content (AvgIpc) is 3.42. The zero-order valence-corrected chi connectivity index (χ0v) is 21.5. The Balaban J connectivity index is 1.17. The van der Waals surface area contributed by atoms with Crippen LogP contribution in [-0.2, 0) is 13.6 Å². The van der Waals surface area contributed by atoms with Gasteiger partial charge in [0.2, 0.25) is 5.88 Å². The second-order valence-corrected chi connectivity index (χ2v) is 9.96. The van der Waals surface area contributed by atoms with Crippen molar-refractivity contribution in [3.8, 4) is 11.6 Å². The maximum absolute atomic E-state index is 13.6. The van der Waals surface area contributed by atoms with Crippen molar-refractivity contribution in [3.63, 3.8) is 0 Å². The Bertz CT molecular complexity index is 1670. The highest BCUT2D eigenvalue weighted by molar-refractivity contribution is 6.05. The molecule has 5 aromatic rings. The Kier molecular flexibility index (Phi) is 6.19. The number of methoxy groups -OCH3 is 1. The molecule has 0 spiro atoms. The van der Waals surface area contributed by atoms with E-state index in [-0.39, 0.29) is 17.6 Å². The smallest absolute Gasteiger partial charge is 0.333 e. The van der Waals surface area contributed by atoms with Gasteiger partial charge in [0.25, 0.3) is 5.91 Å². The number of aryl methyl sites for hydroxylation is 1. The van der Waals surface area contributed by atoms with Gasteiger partial charge >= 0.3 is 5.69 Å². The number of imidazole rings is 1. The van der Waals surface area contributed by atoms with E-state index in [0.29, 0.717) is 29.7 Å². The van der Waals surface area contributed by atoms with Gasteiger partial charge in [0.1, 0.15) is 5.69 Å². The molecule has 1 amide bonds. The minimum Gasteiger partial charge on any atom is -0.481 e. The average molecular weight is 511 g/mol. The Morgan fingerprint density at radius 3 is 2.47 bits per heavy atom. The number of nitrogens with one attached hydrogen (secondary N) is 1. The molecular formula is C29H30N6O3. The summed E-state index contributed by atoms with van der Waals surface area (Å²) >= 11 is 0. The van der Waals surface area contributed by atoms with Crippen LogP contribution >= 0.6 is 0 Å². The minimum absolute atomic E-state index is 0.0725. The van der Waals surface area contributed by atoms with Crippen molar-refractivity contribution in [1.82, 2.24) is 29.2 Å². The predicted molar refractivity (Wildman–Crippen MR) is 146 cm³/mol. The molecule has 1 saturated carbocycles. The van der Waals surface area contributed by atoms with Crippen LogP contribution in [-0.4, -0.2) is 43.0 Å². The molecule has 0 atom stereocenters. The molecule has 1 N–H and O–H groups in total. The number of carbonyl (C=O) groups excluding carboxylic acids is 1. The van der Waals surface area contributed by atoms with Crippen LogP contribution in [0, 0.1) is 5.92 Å². The van der Waals surface area contributed by atoms with Crippen molar-refractivity contribution >= 4 is 27.8 Å². The molecule has 9 nitrogen and oxygen atoms in total. The lowest BCUT2D eigenvalue weighted by atomic mass is 9.86.